The molecule has 14 heavy (non-hydrogen) atoms. The maximum Gasteiger partial charge on any atom is 0.324 e. The minimum atomic E-state index is -0.291. The van der Waals surface area contributed by atoms with Crippen LogP contribution in [-0.2, 0) is 4.79 Å². The van der Waals surface area contributed by atoms with E-state index in [1.807, 2.05) is 20.8 Å². The Kier molecular flexibility index (Phi) is 3.28. The van der Waals surface area contributed by atoms with E-state index in [-0.39, 0.29) is 11.9 Å². The van der Waals surface area contributed by atoms with E-state index in [9.17, 15) is 9.59 Å². The van der Waals surface area contributed by atoms with Crippen molar-refractivity contribution in [2.75, 3.05) is 13.1 Å². The Morgan fingerprint density at radius 2 is 2.14 bits per heavy atom. The minimum Gasteiger partial charge on any atom is -0.338 e. The minimum absolute atomic E-state index is 0.143. The van der Waals surface area contributed by atoms with Crippen LogP contribution >= 0.6 is 0 Å². The maximum absolute atomic E-state index is 11.7. The van der Waals surface area contributed by atoms with Gasteiger partial charge in [-0.2, -0.15) is 0 Å². The molecule has 0 fully saturated rings. The predicted molar refractivity (Wildman–Crippen MR) is 53.8 cm³/mol. The quantitative estimate of drug-likeness (QED) is 0.723. The van der Waals surface area contributed by atoms with Crippen LogP contribution in [0.2, 0.25) is 0 Å². The average molecular weight is 196 g/mol. The van der Waals surface area contributed by atoms with Gasteiger partial charge in [0.25, 0.3) is 5.91 Å². The molecule has 4 heteroatoms. The summed E-state index contributed by atoms with van der Waals surface area (Å²) in [4.78, 5) is 24.4. The van der Waals surface area contributed by atoms with Crippen LogP contribution in [0.1, 0.15) is 27.2 Å². The van der Waals surface area contributed by atoms with Gasteiger partial charge in [0.2, 0.25) is 0 Å². The second-order valence-corrected chi connectivity index (χ2v) is 3.34. The second kappa shape index (κ2) is 4.26. The zero-order chi connectivity index (χ0) is 10.7. The van der Waals surface area contributed by atoms with Crippen molar-refractivity contribution < 1.29 is 9.59 Å². The van der Waals surface area contributed by atoms with Crippen LogP contribution in [0.4, 0.5) is 4.79 Å². The smallest absolute Gasteiger partial charge is 0.324 e. The van der Waals surface area contributed by atoms with Gasteiger partial charge in [-0.05, 0) is 25.8 Å². The first-order valence-corrected chi connectivity index (χ1v) is 4.90. The summed E-state index contributed by atoms with van der Waals surface area (Å²) >= 11 is 0. The van der Waals surface area contributed by atoms with Gasteiger partial charge in [0.05, 0.1) is 6.54 Å². The van der Waals surface area contributed by atoms with E-state index in [2.05, 4.69) is 5.32 Å². The van der Waals surface area contributed by atoms with Crippen LogP contribution < -0.4 is 5.32 Å². The van der Waals surface area contributed by atoms with Crippen molar-refractivity contribution in [2.45, 2.75) is 27.2 Å². The molecule has 0 atom stereocenters. The third kappa shape index (κ3) is 1.78. The lowest BCUT2D eigenvalue weighted by Gasteiger charge is -2.14. The molecule has 0 saturated heterocycles. The Balaban J connectivity index is 2.73. The van der Waals surface area contributed by atoms with Crippen molar-refractivity contribution in [1.29, 1.82) is 0 Å². The second-order valence-electron chi connectivity index (χ2n) is 3.34. The average Bonchev–Trinajstić information content (AvgIpc) is 2.42. The zero-order valence-corrected chi connectivity index (χ0v) is 8.89. The summed E-state index contributed by atoms with van der Waals surface area (Å²) in [6.45, 7) is 6.64. The van der Waals surface area contributed by atoms with Crippen LogP contribution in [0.15, 0.2) is 11.1 Å². The molecule has 0 bridgehead atoms. The van der Waals surface area contributed by atoms with Crippen molar-refractivity contribution in [3.8, 4) is 0 Å². The SMILES string of the molecule is CCNC(=O)N1CC(C)=C(CC)C1=O. The fourth-order valence-electron chi connectivity index (χ4n) is 1.61. The monoisotopic (exact) mass is 196 g/mol. The summed E-state index contributed by atoms with van der Waals surface area (Å²) in [5, 5.41) is 2.62. The normalized spacial score (nSPS) is 16.5. The molecular weight excluding hydrogens is 180 g/mol. The largest absolute Gasteiger partial charge is 0.338 e. The van der Waals surface area contributed by atoms with Gasteiger partial charge in [-0.1, -0.05) is 6.92 Å². The van der Waals surface area contributed by atoms with Gasteiger partial charge >= 0.3 is 6.03 Å². The molecule has 1 N–H and O–H groups in total. The van der Waals surface area contributed by atoms with E-state index >= 15 is 0 Å². The van der Waals surface area contributed by atoms with Crippen molar-refractivity contribution in [3.05, 3.63) is 11.1 Å². The Bertz CT molecular complexity index is 294. The van der Waals surface area contributed by atoms with Gasteiger partial charge in [0, 0.05) is 12.1 Å². The Hall–Kier alpha value is -1.32. The van der Waals surface area contributed by atoms with Crippen molar-refractivity contribution in [1.82, 2.24) is 10.2 Å². The molecule has 0 aliphatic carbocycles. The Labute approximate surface area is 84.0 Å². The zero-order valence-electron chi connectivity index (χ0n) is 8.89. The molecule has 0 saturated carbocycles. The number of carbonyl (C=O) groups excluding carboxylic acids is 2. The standard InChI is InChI=1S/C10H16N2O2/c1-4-8-7(3)6-12(9(8)13)10(14)11-5-2/h4-6H2,1-3H3,(H,11,14). The molecule has 0 radical (unpaired) electrons. The molecule has 0 spiro atoms. The number of carbonyl (C=O) groups is 2. The molecule has 1 rings (SSSR count). The fraction of sp³-hybridized carbons (Fsp3) is 0.600. The number of hydrogen-bond donors (Lipinski definition) is 1. The number of amides is 3. The lowest BCUT2D eigenvalue weighted by molar-refractivity contribution is -0.123. The highest BCUT2D eigenvalue weighted by Gasteiger charge is 2.30. The van der Waals surface area contributed by atoms with Gasteiger partial charge in [0.15, 0.2) is 0 Å². The Morgan fingerprint density at radius 3 is 2.57 bits per heavy atom. The van der Waals surface area contributed by atoms with Gasteiger partial charge in [-0.15, -0.1) is 0 Å². The maximum atomic E-state index is 11.7. The summed E-state index contributed by atoms with van der Waals surface area (Å²) in [7, 11) is 0. The van der Waals surface area contributed by atoms with E-state index in [4.69, 9.17) is 0 Å². The highest BCUT2D eigenvalue weighted by atomic mass is 16.2. The number of nitrogens with zero attached hydrogens (tertiary/aromatic N) is 1. The third-order valence-corrected chi connectivity index (χ3v) is 2.34. The van der Waals surface area contributed by atoms with Gasteiger partial charge in [0.1, 0.15) is 0 Å². The summed E-state index contributed by atoms with van der Waals surface area (Å²) in [5.74, 6) is -0.143. The van der Waals surface area contributed by atoms with Gasteiger partial charge in [-0.25, -0.2) is 4.79 Å². The van der Waals surface area contributed by atoms with E-state index in [1.54, 1.807) is 0 Å². The Morgan fingerprint density at radius 1 is 1.50 bits per heavy atom. The molecule has 1 aliphatic rings. The summed E-state index contributed by atoms with van der Waals surface area (Å²) in [5.41, 5.74) is 1.78. The molecule has 1 heterocycles. The van der Waals surface area contributed by atoms with Crippen molar-refractivity contribution in [3.63, 3.8) is 0 Å². The van der Waals surface area contributed by atoms with E-state index in [0.717, 1.165) is 11.1 Å². The number of urea groups is 1. The van der Waals surface area contributed by atoms with Crippen molar-refractivity contribution >= 4 is 11.9 Å². The molecule has 0 unspecified atom stereocenters. The summed E-state index contributed by atoms with van der Waals surface area (Å²) in [6, 6.07) is -0.291. The summed E-state index contributed by atoms with van der Waals surface area (Å²) < 4.78 is 0. The first-order valence-electron chi connectivity index (χ1n) is 4.90. The number of imide groups is 1. The van der Waals surface area contributed by atoms with Crippen LogP contribution in [0.25, 0.3) is 0 Å². The first-order chi connectivity index (χ1) is 6.61. The molecule has 0 aromatic carbocycles. The highest BCUT2D eigenvalue weighted by Crippen LogP contribution is 2.20. The van der Waals surface area contributed by atoms with Crippen LogP contribution in [0.3, 0.4) is 0 Å². The van der Waals surface area contributed by atoms with Crippen LogP contribution in [0, 0.1) is 0 Å². The molecule has 1 aliphatic heterocycles. The number of hydrogen-bond acceptors (Lipinski definition) is 2. The topological polar surface area (TPSA) is 49.4 Å². The van der Waals surface area contributed by atoms with Crippen LogP contribution in [-0.4, -0.2) is 29.9 Å². The molecule has 0 aromatic heterocycles. The first kappa shape index (κ1) is 10.8. The fourth-order valence-corrected chi connectivity index (χ4v) is 1.61. The number of rotatable bonds is 2. The lowest BCUT2D eigenvalue weighted by Crippen LogP contribution is -2.41. The summed E-state index contributed by atoms with van der Waals surface area (Å²) in [6.07, 6.45) is 0.695. The van der Waals surface area contributed by atoms with Gasteiger partial charge < -0.3 is 5.32 Å². The van der Waals surface area contributed by atoms with E-state index in [0.29, 0.717) is 19.5 Å². The molecule has 78 valence electrons. The van der Waals surface area contributed by atoms with E-state index < -0.39 is 0 Å². The van der Waals surface area contributed by atoms with E-state index in [1.165, 1.54) is 4.90 Å². The lowest BCUT2D eigenvalue weighted by atomic mass is 10.1. The number of nitrogens with one attached hydrogen (secondary N) is 1. The molecule has 3 amide bonds. The van der Waals surface area contributed by atoms with Crippen LogP contribution in [0.5, 0.6) is 0 Å². The van der Waals surface area contributed by atoms with Crippen molar-refractivity contribution in [2.24, 2.45) is 0 Å². The third-order valence-electron chi connectivity index (χ3n) is 2.34. The predicted octanol–water partition coefficient (Wildman–Crippen LogP) is 1.28. The molecule has 0 aromatic rings. The molecular formula is C10H16N2O2. The highest BCUT2D eigenvalue weighted by molar-refractivity contribution is 6.06. The molecule has 4 nitrogen and oxygen atoms in total. The van der Waals surface area contributed by atoms with Gasteiger partial charge in [-0.3, -0.25) is 9.69 Å².